The summed E-state index contributed by atoms with van der Waals surface area (Å²) in [7, 11) is 0. The molecular formula is C15H18N2O4. The van der Waals surface area contributed by atoms with Crippen LogP contribution in [0.4, 0.5) is 0 Å². The van der Waals surface area contributed by atoms with Crippen molar-refractivity contribution in [2.75, 3.05) is 13.2 Å². The molecule has 1 heterocycles. The van der Waals surface area contributed by atoms with E-state index in [4.69, 9.17) is 19.7 Å². The highest BCUT2D eigenvalue weighted by atomic mass is 16.5. The number of furan rings is 1. The summed E-state index contributed by atoms with van der Waals surface area (Å²) in [5, 5.41) is 0. The van der Waals surface area contributed by atoms with Crippen LogP contribution in [0.3, 0.4) is 0 Å². The van der Waals surface area contributed by atoms with Crippen LogP contribution < -0.4 is 16.0 Å². The number of carbonyl (C=O) groups excluding carboxylic acids is 1. The molecule has 0 bridgehead atoms. The molecule has 0 radical (unpaired) electrons. The van der Waals surface area contributed by atoms with Crippen LogP contribution in [0.2, 0.25) is 0 Å². The summed E-state index contributed by atoms with van der Waals surface area (Å²) in [6.07, 6.45) is 0. The van der Waals surface area contributed by atoms with Gasteiger partial charge in [-0.2, -0.15) is 0 Å². The number of hydrogen-bond acceptors (Lipinski definition) is 5. The molecule has 3 N–H and O–H groups in total. The Morgan fingerprint density at radius 3 is 2.76 bits per heavy atom. The number of para-hydroxylation sites is 1. The molecule has 0 saturated carbocycles. The Morgan fingerprint density at radius 2 is 2.05 bits per heavy atom. The smallest absolute Gasteiger partial charge is 0.268 e. The van der Waals surface area contributed by atoms with Gasteiger partial charge in [-0.15, -0.1) is 0 Å². The maximum atomic E-state index is 11.4. The fraction of sp³-hybridized carbons (Fsp3) is 0.267. The minimum Gasteiger partial charge on any atom is -0.491 e. The second-order valence-electron chi connectivity index (χ2n) is 4.37. The summed E-state index contributed by atoms with van der Waals surface area (Å²) in [5.74, 6) is 6.60. The minimum absolute atomic E-state index is 0.275. The molecule has 1 aromatic heterocycles. The summed E-state index contributed by atoms with van der Waals surface area (Å²) in [4.78, 5) is 11.4. The standard InChI is InChI=1S/C15H18N2O4/c1-11-14(15(18)17-16)9-13(21-11)10-19-7-8-20-12-5-3-2-4-6-12/h2-6,9H,7-8,10,16H2,1H3,(H,17,18). The van der Waals surface area contributed by atoms with E-state index in [2.05, 4.69) is 5.43 Å². The molecule has 6 heteroatoms. The van der Waals surface area contributed by atoms with Crippen LogP contribution in [0, 0.1) is 6.92 Å². The molecule has 0 aliphatic heterocycles. The molecule has 0 fully saturated rings. The summed E-state index contributed by atoms with van der Waals surface area (Å²) < 4.78 is 16.4. The fourth-order valence-corrected chi connectivity index (χ4v) is 1.83. The highest BCUT2D eigenvalue weighted by Gasteiger charge is 2.13. The van der Waals surface area contributed by atoms with E-state index in [0.717, 1.165) is 5.75 Å². The average molecular weight is 290 g/mol. The first kappa shape index (κ1) is 15.1. The molecule has 1 aromatic carbocycles. The van der Waals surface area contributed by atoms with Crippen molar-refractivity contribution >= 4 is 5.91 Å². The molecule has 0 saturated heterocycles. The molecule has 0 aliphatic rings. The van der Waals surface area contributed by atoms with Crippen LogP contribution in [-0.2, 0) is 11.3 Å². The molecular weight excluding hydrogens is 272 g/mol. The van der Waals surface area contributed by atoms with Gasteiger partial charge in [-0.05, 0) is 25.1 Å². The number of benzene rings is 1. The maximum Gasteiger partial charge on any atom is 0.268 e. The van der Waals surface area contributed by atoms with Gasteiger partial charge in [-0.25, -0.2) is 5.84 Å². The van der Waals surface area contributed by atoms with E-state index in [1.807, 2.05) is 30.3 Å². The zero-order valence-electron chi connectivity index (χ0n) is 11.8. The third kappa shape index (κ3) is 4.34. The van der Waals surface area contributed by atoms with Crippen molar-refractivity contribution in [2.45, 2.75) is 13.5 Å². The van der Waals surface area contributed by atoms with Crippen LogP contribution in [0.25, 0.3) is 0 Å². The van der Waals surface area contributed by atoms with Crippen LogP contribution in [0.15, 0.2) is 40.8 Å². The lowest BCUT2D eigenvalue weighted by atomic mass is 10.2. The van der Waals surface area contributed by atoms with E-state index in [-0.39, 0.29) is 12.5 Å². The van der Waals surface area contributed by atoms with Crippen molar-refractivity contribution in [3.8, 4) is 5.75 Å². The van der Waals surface area contributed by atoms with Crippen molar-refractivity contribution in [1.29, 1.82) is 0 Å². The minimum atomic E-state index is -0.380. The topological polar surface area (TPSA) is 86.7 Å². The zero-order chi connectivity index (χ0) is 15.1. The number of aryl methyl sites for hydroxylation is 1. The van der Waals surface area contributed by atoms with Crippen molar-refractivity contribution in [3.63, 3.8) is 0 Å². The fourth-order valence-electron chi connectivity index (χ4n) is 1.83. The van der Waals surface area contributed by atoms with Crippen LogP contribution >= 0.6 is 0 Å². The molecule has 0 aliphatic carbocycles. The van der Waals surface area contributed by atoms with Crippen LogP contribution in [-0.4, -0.2) is 19.1 Å². The quantitative estimate of drug-likeness (QED) is 0.351. The Bertz CT molecular complexity index is 581. The predicted octanol–water partition coefficient (Wildman–Crippen LogP) is 1.79. The predicted molar refractivity (Wildman–Crippen MR) is 76.7 cm³/mol. The van der Waals surface area contributed by atoms with Crippen molar-refractivity contribution in [2.24, 2.45) is 5.84 Å². The highest BCUT2D eigenvalue weighted by Crippen LogP contribution is 2.15. The average Bonchev–Trinajstić information content (AvgIpc) is 2.88. The third-order valence-corrected chi connectivity index (χ3v) is 2.83. The maximum absolute atomic E-state index is 11.4. The number of amides is 1. The Labute approximate surface area is 122 Å². The first-order valence-corrected chi connectivity index (χ1v) is 6.56. The van der Waals surface area contributed by atoms with E-state index in [1.165, 1.54) is 0 Å². The molecule has 0 atom stereocenters. The van der Waals surface area contributed by atoms with Gasteiger partial charge in [-0.3, -0.25) is 10.2 Å². The Balaban J connectivity index is 1.73. The van der Waals surface area contributed by atoms with Crippen molar-refractivity contribution in [3.05, 3.63) is 53.5 Å². The van der Waals surface area contributed by atoms with E-state index in [9.17, 15) is 4.79 Å². The first-order valence-electron chi connectivity index (χ1n) is 6.56. The summed E-state index contributed by atoms with van der Waals surface area (Å²) in [6, 6.07) is 11.1. The molecule has 21 heavy (non-hydrogen) atoms. The van der Waals surface area contributed by atoms with E-state index in [1.54, 1.807) is 13.0 Å². The Kier molecular flexibility index (Phi) is 5.36. The number of ether oxygens (including phenoxy) is 2. The molecule has 1 amide bonds. The lowest BCUT2D eigenvalue weighted by Gasteiger charge is -2.05. The number of rotatable bonds is 7. The van der Waals surface area contributed by atoms with Gasteiger partial charge in [0.1, 0.15) is 30.5 Å². The SMILES string of the molecule is Cc1oc(COCCOc2ccccc2)cc1C(=O)NN. The lowest BCUT2D eigenvalue weighted by Crippen LogP contribution is -2.30. The first-order chi connectivity index (χ1) is 10.2. The number of carbonyl (C=O) groups is 1. The second kappa shape index (κ2) is 7.47. The highest BCUT2D eigenvalue weighted by molar-refractivity contribution is 5.94. The van der Waals surface area contributed by atoms with Crippen molar-refractivity contribution < 1.29 is 18.7 Å². The lowest BCUT2D eigenvalue weighted by molar-refractivity contribution is 0.0777. The van der Waals surface area contributed by atoms with Gasteiger partial charge in [-0.1, -0.05) is 18.2 Å². The molecule has 0 unspecified atom stereocenters. The summed E-state index contributed by atoms with van der Waals surface area (Å²) >= 11 is 0. The second-order valence-corrected chi connectivity index (χ2v) is 4.37. The number of nitrogens with one attached hydrogen (secondary N) is 1. The van der Waals surface area contributed by atoms with Crippen molar-refractivity contribution in [1.82, 2.24) is 5.43 Å². The molecule has 2 aromatic rings. The van der Waals surface area contributed by atoms with Gasteiger partial charge in [0.2, 0.25) is 0 Å². The van der Waals surface area contributed by atoms with Gasteiger partial charge in [0.15, 0.2) is 0 Å². The molecule has 112 valence electrons. The molecule has 0 spiro atoms. The number of nitrogen functional groups attached to an aromatic ring is 1. The van der Waals surface area contributed by atoms with Crippen LogP contribution in [0.1, 0.15) is 21.9 Å². The van der Waals surface area contributed by atoms with Gasteiger partial charge in [0, 0.05) is 0 Å². The Morgan fingerprint density at radius 1 is 1.29 bits per heavy atom. The van der Waals surface area contributed by atoms with Gasteiger partial charge < -0.3 is 13.9 Å². The Hall–Kier alpha value is -2.31. The third-order valence-electron chi connectivity index (χ3n) is 2.83. The normalized spacial score (nSPS) is 10.4. The monoisotopic (exact) mass is 290 g/mol. The van der Waals surface area contributed by atoms with Gasteiger partial charge in [0.05, 0.1) is 12.2 Å². The number of nitrogens with two attached hydrogens (primary N) is 1. The van der Waals surface area contributed by atoms with Crippen LogP contribution in [0.5, 0.6) is 5.75 Å². The van der Waals surface area contributed by atoms with E-state index >= 15 is 0 Å². The summed E-state index contributed by atoms with van der Waals surface area (Å²) in [6.45, 7) is 2.84. The molecule has 2 rings (SSSR count). The largest absolute Gasteiger partial charge is 0.491 e. The van der Waals surface area contributed by atoms with E-state index in [0.29, 0.717) is 30.3 Å². The van der Waals surface area contributed by atoms with Gasteiger partial charge >= 0.3 is 0 Å². The zero-order valence-corrected chi connectivity index (χ0v) is 11.8. The number of hydrogen-bond donors (Lipinski definition) is 2. The summed E-state index contributed by atoms with van der Waals surface area (Å²) in [5.41, 5.74) is 2.48. The number of hydrazine groups is 1. The van der Waals surface area contributed by atoms with E-state index < -0.39 is 0 Å². The molecule has 6 nitrogen and oxygen atoms in total. The van der Waals surface area contributed by atoms with Gasteiger partial charge in [0.25, 0.3) is 5.91 Å².